The molecule has 0 radical (unpaired) electrons. The average molecular weight is 348 g/mol. The van der Waals surface area contributed by atoms with Crippen LogP contribution >= 0.6 is 39.1 Å². The average Bonchev–Trinajstić information content (AvgIpc) is 2.31. The Morgan fingerprint density at radius 2 is 1.83 bits per heavy atom. The zero-order valence-electron chi connectivity index (χ0n) is 9.16. The predicted molar refractivity (Wildman–Crippen MR) is 78.4 cm³/mol. The van der Waals surface area contributed by atoms with Gasteiger partial charge in [0.2, 0.25) is 5.43 Å². The van der Waals surface area contributed by atoms with Gasteiger partial charge in [0.25, 0.3) is 0 Å². The van der Waals surface area contributed by atoms with Crippen LogP contribution in [-0.4, -0.2) is 4.57 Å². The summed E-state index contributed by atoms with van der Waals surface area (Å²) < 4.78 is 2.17. The Kier molecular flexibility index (Phi) is 4.00. The zero-order valence-corrected chi connectivity index (χ0v) is 12.3. The van der Waals surface area contributed by atoms with E-state index in [1.165, 1.54) is 0 Å². The summed E-state index contributed by atoms with van der Waals surface area (Å²) in [6.45, 7) is 0.446. The van der Waals surface area contributed by atoms with Crippen LogP contribution in [0.2, 0.25) is 10.0 Å². The van der Waals surface area contributed by atoms with Gasteiger partial charge in [-0.15, -0.1) is 0 Å². The molecule has 0 aliphatic carbocycles. The number of anilines is 1. The van der Waals surface area contributed by atoms with Gasteiger partial charge in [-0.05, 0) is 28.1 Å². The first-order valence-electron chi connectivity index (χ1n) is 5.07. The minimum Gasteiger partial charge on any atom is -0.394 e. The second-order valence-corrected chi connectivity index (χ2v) is 5.43. The van der Waals surface area contributed by atoms with Crippen LogP contribution < -0.4 is 11.2 Å². The van der Waals surface area contributed by atoms with Crippen molar-refractivity contribution in [2.24, 2.45) is 0 Å². The van der Waals surface area contributed by atoms with E-state index in [0.717, 1.165) is 5.56 Å². The number of hydrogen-bond donors (Lipinski definition) is 1. The topological polar surface area (TPSA) is 48.0 Å². The van der Waals surface area contributed by atoms with Crippen LogP contribution in [0.15, 0.2) is 39.9 Å². The van der Waals surface area contributed by atoms with Gasteiger partial charge in [0.15, 0.2) is 0 Å². The molecule has 3 nitrogen and oxygen atoms in total. The highest BCUT2D eigenvalue weighted by molar-refractivity contribution is 9.10. The third-order valence-electron chi connectivity index (χ3n) is 2.47. The lowest BCUT2D eigenvalue weighted by Crippen LogP contribution is -2.13. The maximum atomic E-state index is 11.5. The quantitative estimate of drug-likeness (QED) is 0.903. The second kappa shape index (κ2) is 5.34. The molecule has 1 heterocycles. The molecule has 0 atom stereocenters. The Balaban J connectivity index is 2.44. The molecule has 1 aromatic carbocycles. The van der Waals surface area contributed by atoms with E-state index >= 15 is 0 Å². The normalized spacial score (nSPS) is 10.6. The van der Waals surface area contributed by atoms with Gasteiger partial charge in [-0.3, -0.25) is 4.79 Å². The van der Waals surface area contributed by atoms with Gasteiger partial charge in [0.05, 0.1) is 16.7 Å². The van der Waals surface area contributed by atoms with Gasteiger partial charge in [-0.2, -0.15) is 0 Å². The Hall–Kier alpha value is -0.970. The number of nitrogens with two attached hydrogens (primary N) is 1. The van der Waals surface area contributed by atoms with Crippen LogP contribution in [0.1, 0.15) is 5.56 Å². The Labute approximate surface area is 122 Å². The Morgan fingerprint density at radius 1 is 1.22 bits per heavy atom. The third-order valence-corrected chi connectivity index (χ3v) is 3.74. The van der Waals surface area contributed by atoms with Crippen molar-refractivity contribution in [2.45, 2.75) is 6.54 Å². The summed E-state index contributed by atoms with van der Waals surface area (Å²) >= 11 is 15.3. The van der Waals surface area contributed by atoms with Crippen molar-refractivity contribution >= 4 is 44.8 Å². The molecule has 0 fully saturated rings. The molecule has 2 N–H and O–H groups in total. The largest absolute Gasteiger partial charge is 0.394 e. The number of benzene rings is 1. The molecule has 0 aliphatic heterocycles. The zero-order chi connectivity index (χ0) is 13.3. The molecule has 94 valence electrons. The lowest BCUT2D eigenvalue weighted by Gasteiger charge is -2.11. The maximum Gasteiger partial charge on any atom is 0.218 e. The van der Waals surface area contributed by atoms with Crippen LogP contribution in [-0.2, 0) is 6.54 Å². The number of aromatic nitrogens is 1. The minimum absolute atomic E-state index is 0.174. The molecule has 2 aromatic rings. The number of halogens is 3. The third kappa shape index (κ3) is 2.71. The number of nitrogens with zero attached hydrogens (tertiary/aromatic N) is 1. The lowest BCUT2D eigenvalue weighted by molar-refractivity contribution is 0.788. The van der Waals surface area contributed by atoms with Crippen molar-refractivity contribution in [3.05, 3.63) is 60.9 Å². The predicted octanol–water partition coefficient (Wildman–Crippen LogP) is 3.55. The molecule has 0 bridgehead atoms. The number of rotatable bonds is 2. The van der Waals surface area contributed by atoms with Gasteiger partial charge >= 0.3 is 0 Å². The first-order valence-corrected chi connectivity index (χ1v) is 6.62. The van der Waals surface area contributed by atoms with E-state index in [1.807, 2.05) is 0 Å². The summed E-state index contributed by atoms with van der Waals surface area (Å²) in [5.74, 6) is 0. The SMILES string of the molecule is Nc1cn(Cc2c(Cl)cccc2Cl)cc(Br)c1=O. The molecule has 18 heavy (non-hydrogen) atoms. The smallest absolute Gasteiger partial charge is 0.218 e. The van der Waals surface area contributed by atoms with Crippen molar-refractivity contribution in [2.75, 3.05) is 5.73 Å². The summed E-state index contributed by atoms with van der Waals surface area (Å²) in [6.07, 6.45) is 3.21. The molecule has 0 saturated carbocycles. The standard InChI is InChI=1S/C12H9BrCl2N2O/c13-8-5-17(6-11(16)12(8)18)4-7-9(14)2-1-3-10(7)15/h1-3,5-6H,4,16H2. The van der Waals surface area contributed by atoms with Crippen molar-refractivity contribution in [1.82, 2.24) is 4.57 Å². The van der Waals surface area contributed by atoms with Crippen LogP contribution in [0.4, 0.5) is 5.69 Å². The van der Waals surface area contributed by atoms with Crippen molar-refractivity contribution in [3.63, 3.8) is 0 Å². The highest BCUT2D eigenvalue weighted by Gasteiger charge is 2.08. The van der Waals surface area contributed by atoms with Crippen molar-refractivity contribution in [3.8, 4) is 0 Å². The van der Waals surface area contributed by atoms with E-state index in [1.54, 1.807) is 35.2 Å². The first kappa shape index (κ1) is 13.5. The van der Waals surface area contributed by atoms with Crippen LogP contribution in [0.3, 0.4) is 0 Å². The van der Waals surface area contributed by atoms with Gasteiger partial charge in [-0.25, -0.2) is 0 Å². The monoisotopic (exact) mass is 346 g/mol. The van der Waals surface area contributed by atoms with Crippen LogP contribution in [0.25, 0.3) is 0 Å². The second-order valence-electron chi connectivity index (χ2n) is 3.76. The minimum atomic E-state index is -0.225. The fraction of sp³-hybridized carbons (Fsp3) is 0.0833. The van der Waals surface area contributed by atoms with Gasteiger partial charge < -0.3 is 10.3 Å². The van der Waals surface area contributed by atoms with E-state index in [4.69, 9.17) is 28.9 Å². The molecular weight excluding hydrogens is 339 g/mol. The molecular formula is C12H9BrCl2N2O. The van der Waals surface area contributed by atoms with E-state index in [-0.39, 0.29) is 11.1 Å². The summed E-state index contributed by atoms with van der Waals surface area (Å²) in [5, 5.41) is 1.16. The van der Waals surface area contributed by atoms with E-state index < -0.39 is 0 Å². The molecule has 2 rings (SSSR count). The highest BCUT2D eigenvalue weighted by Crippen LogP contribution is 2.25. The van der Waals surface area contributed by atoms with Gasteiger partial charge in [0, 0.05) is 28.0 Å². The maximum absolute atomic E-state index is 11.5. The van der Waals surface area contributed by atoms with Crippen LogP contribution in [0, 0.1) is 0 Å². The summed E-state index contributed by atoms with van der Waals surface area (Å²) in [5.41, 5.74) is 6.36. The lowest BCUT2D eigenvalue weighted by atomic mass is 10.2. The molecule has 6 heteroatoms. The van der Waals surface area contributed by atoms with E-state index in [0.29, 0.717) is 21.1 Å². The first-order chi connectivity index (χ1) is 8.49. The highest BCUT2D eigenvalue weighted by atomic mass is 79.9. The molecule has 0 unspecified atom stereocenters. The molecule has 0 amide bonds. The van der Waals surface area contributed by atoms with Crippen molar-refractivity contribution < 1.29 is 0 Å². The fourth-order valence-electron chi connectivity index (χ4n) is 1.57. The van der Waals surface area contributed by atoms with Crippen molar-refractivity contribution in [1.29, 1.82) is 0 Å². The number of nitrogen functional groups attached to an aromatic ring is 1. The van der Waals surface area contributed by atoms with Gasteiger partial charge in [0.1, 0.15) is 0 Å². The number of hydrogen-bond acceptors (Lipinski definition) is 2. The van der Waals surface area contributed by atoms with Crippen LogP contribution in [0.5, 0.6) is 0 Å². The summed E-state index contributed by atoms with van der Waals surface area (Å²) in [4.78, 5) is 11.5. The molecule has 1 aromatic heterocycles. The molecule has 0 aliphatic rings. The fourth-order valence-corrected chi connectivity index (χ4v) is 2.58. The van der Waals surface area contributed by atoms with E-state index in [9.17, 15) is 4.79 Å². The molecule has 0 spiro atoms. The van der Waals surface area contributed by atoms with Gasteiger partial charge in [-0.1, -0.05) is 29.3 Å². The summed E-state index contributed by atoms with van der Waals surface area (Å²) in [7, 11) is 0. The number of pyridine rings is 1. The Morgan fingerprint density at radius 3 is 2.39 bits per heavy atom. The molecule has 0 saturated heterocycles. The van der Waals surface area contributed by atoms with E-state index in [2.05, 4.69) is 15.9 Å². The Bertz CT molecular complexity index is 609. The summed E-state index contributed by atoms with van der Waals surface area (Å²) in [6, 6.07) is 5.32.